The van der Waals surface area contributed by atoms with Crippen molar-refractivity contribution in [1.82, 2.24) is 9.80 Å². The lowest BCUT2D eigenvalue weighted by Crippen LogP contribution is -2.42. The van der Waals surface area contributed by atoms with Gasteiger partial charge < -0.3 is 37.9 Å². The SMILES string of the molecule is COc1ccc(Oc2cc3c4c(cc(Oc5ccc(OC)cc5)c5c6c(Oc7ccc(OC)cc7)cc7c8c(cc(Oc9ccc(OC)cc9)c(c2c45)c86)C(=O)N(C(C)c2ccccc2)C7=O)C(=O)N(C(C)c2ccccc2)C3=O)cc1. The van der Waals surface area contributed by atoms with Crippen LogP contribution in [0.1, 0.15) is 78.5 Å². The molecule has 0 saturated heterocycles. The molecular weight excluding hydrogens is 1040 g/mol. The topological polar surface area (TPSA) is 149 Å². The summed E-state index contributed by atoms with van der Waals surface area (Å²) in [5.74, 6) is 2.20. The van der Waals surface area contributed by atoms with Crippen molar-refractivity contribution in [3.8, 4) is 69.0 Å². The molecule has 4 amide bonds. The predicted octanol–water partition coefficient (Wildman–Crippen LogP) is 15.7. The van der Waals surface area contributed by atoms with E-state index in [1.807, 2.05) is 74.5 Å². The van der Waals surface area contributed by atoms with Gasteiger partial charge in [0.2, 0.25) is 0 Å². The number of carbonyl (C=O) groups is 4. The molecule has 0 N–H and O–H groups in total. The predicted molar refractivity (Wildman–Crippen MR) is 311 cm³/mol. The number of nitrogens with zero attached hydrogens (tertiary/aromatic N) is 2. The number of methoxy groups -OCH3 is 4. The number of ether oxygens (including phenoxy) is 8. The Morgan fingerprint density at radius 1 is 0.280 bits per heavy atom. The Labute approximate surface area is 470 Å². The van der Waals surface area contributed by atoms with Gasteiger partial charge in [-0.2, -0.15) is 0 Å². The minimum atomic E-state index is -0.723. The van der Waals surface area contributed by atoms with Gasteiger partial charge in [-0.15, -0.1) is 0 Å². The number of hydrogen-bond donors (Lipinski definition) is 0. The van der Waals surface area contributed by atoms with Crippen LogP contribution in [0.5, 0.6) is 69.0 Å². The molecular formula is C68H50N2O12. The molecule has 14 nitrogen and oxygen atoms in total. The van der Waals surface area contributed by atoms with Gasteiger partial charge in [-0.1, -0.05) is 60.7 Å². The molecule has 0 saturated carbocycles. The highest BCUT2D eigenvalue weighted by Gasteiger charge is 2.43. The van der Waals surface area contributed by atoms with Crippen molar-refractivity contribution in [2.24, 2.45) is 0 Å². The minimum Gasteiger partial charge on any atom is -0.497 e. The van der Waals surface area contributed by atoms with Crippen molar-refractivity contribution in [3.05, 3.63) is 215 Å². The Kier molecular flexibility index (Phi) is 12.6. The van der Waals surface area contributed by atoms with Gasteiger partial charge in [-0.05, 0) is 146 Å². The maximum absolute atomic E-state index is 15.7. The van der Waals surface area contributed by atoms with Crippen molar-refractivity contribution < 1.29 is 57.1 Å². The van der Waals surface area contributed by atoms with Gasteiger partial charge in [0, 0.05) is 43.1 Å². The number of fused-ring (bicyclic) bond motifs is 2. The number of imide groups is 2. The molecule has 404 valence electrons. The normalized spacial score (nSPS) is 13.7. The third-order valence-electron chi connectivity index (χ3n) is 15.4. The van der Waals surface area contributed by atoms with Gasteiger partial charge in [-0.3, -0.25) is 29.0 Å². The molecule has 2 aliphatic rings. The molecule has 0 fully saturated rings. The van der Waals surface area contributed by atoms with Crippen LogP contribution in [0.2, 0.25) is 0 Å². The molecule has 2 unspecified atom stereocenters. The summed E-state index contributed by atoms with van der Waals surface area (Å²) < 4.78 is 50.5. The Balaban J connectivity index is 1.23. The zero-order valence-corrected chi connectivity index (χ0v) is 45.3. The summed E-state index contributed by atoms with van der Waals surface area (Å²) in [5.41, 5.74) is 2.12. The van der Waals surface area contributed by atoms with E-state index in [4.69, 9.17) is 37.9 Å². The molecule has 2 heterocycles. The molecule has 0 spiro atoms. The van der Waals surface area contributed by atoms with Crippen LogP contribution in [0, 0.1) is 0 Å². The van der Waals surface area contributed by atoms with Gasteiger partial charge in [0.1, 0.15) is 69.0 Å². The Morgan fingerprint density at radius 3 is 0.720 bits per heavy atom. The molecule has 82 heavy (non-hydrogen) atoms. The first-order valence-electron chi connectivity index (χ1n) is 26.5. The molecule has 13 rings (SSSR count). The zero-order chi connectivity index (χ0) is 56.5. The van der Waals surface area contributed by atoms with Crippen molar-refractivity contribution in [3.63, 3.8) is 0 Å². The average Bonchev–Trinajstić information content (AvgIpc) is 1.18. The molecule has 2 atom stereocenters. The Bertz CT molecular complexity index is 3850. The second-order valence-corrected chi connectivity index (χ2v) is 19.9. The van der Waals surface area contributed by atoms with Crippen LogP contribution in [0.15, 0.2) is 182 Å². The highest BCUT2D eigenvalue weighted by Crippen LogP contribution is 2.58. The first-order valence-corrected chi connectivity index (χ1v) is 26.5. The maximum atomic E-state index is 15.7. The van der Waals surface area contributed by atoms with Gasteiger partial charge >= 0.3 is 0 Å². The number of hydrogen-bond acceptors (Lipinski definition) is 12. The van der Waals surface area contributed by atoms with E-state index in [1.165, 1.54) is 9.80 Å². The third kappa shape index (κ3) is 8.33. The molecule has 0 aliphatic carbocycles. The summed E-state index contributed by atoms with van der Waals surface area (Å²) in [6, 6.07) is 51.8. The zero-order valence-electron chi connectivity index (χ0n) is 45.3. The van der Waals surface area contributed by atoms with E-state index in [0.29, 0.717) is 89.1 Å². The number of rotatable bonds is 16. The lowest BCUT2D eigenvalue weighted by Gasteiger charge is -2.35. The highest BCUT2D eigenvalue weighted by molar-refractivity contribution is 6.45. The van der Waals surface area contributed by atoms with Crippen LogP contribution < -0.4 is 37.9 Å². The lowest BCUT2D eigenvalue weighted by atomic mass is 9.80. The molecule has 0 aromatic heterocycles. The molecule has 14 heteroatoms. The fourth-order valence-corrected chi connectivity index (χ4v) is 11.4. The van der Waals surface area contributed by atoms with E-state index >= 15 is 19.2 Å². The van der Waals surface area contributed by atoms with Crippen LogP contribution >= 0.6 is 0 Å². The van der Waals surface area contributed by atoms with Gasteiger partial charge in [-0.25, -0.2) is 0 Å². The van der Waals surface area contributed by atoms with Crippen LogP contribution in [0.3, 0.4) is 0 Å². The van der Waals surface area contributed by atoms with Gasteiger partial charge in [0.25, 0.3) is 23.6 Å². The van der Waals surface area contributed by atoms with Crippen molar-refractivity contribution in [1.29, 1.82) is 0 Å². The fraction of sp³-hybridized carbons (Fsp3) is 0.118. The summed E-state index contributed by atoms with van der Waals surface area (Å²) >= 11 is 0. The quantitative estimate of drug-likeness (QED) is 0.0515. The van der Waals surface area contributed by atoms with Crippen molar-refractivity contribution >= 4 is 66.7 Å². The van der Waals surface area contributed by atoms with Crippen LogP contribution in [-0.4, -0.2) is 61.9 Å². The van der Waals surface area contributed by atoms with Crippen molar-refractivity contribution in [2.75, 3.05) is 28.4 Å². The van der Waals surface area contributed by atoms with E-state index in [2.05, 4.69) is 0 Å². The van der Waals surface area contributed by atoms with Crippen molar-refractivity contribution in [2.45, 2.75) is 25.9 Å². The second kappa shape index (κ2) is 20.2. The first-order chi connectivity index (χ1) is 40.0. The molecule has 11 aromatic rings. The van der Waals surface area contributed by atoms with E-state index in [0.717, 1.165) is 11.1 Å². The molecule has 11 aromatic carbocycles. The van der Waals surface area contributed by atoms with E-state index in [1.54, 1.807) is 150 Å². The second-order valence-electron chi connectivity index (χ2n) is 19.9. The monoisotopic (exact) mass is 1090 g/mol. The highest BCUT2D eigenvalue weighted by atomic mass is 16.5. The standard InChI is InChI=1S/C68H50N2O12/c1-37(39-13-9-7-10-14-39)69-65(71)49-33-53(79-45-25-17-41(75-3)18-26-45)59-61-55(81-47-29-21-43(77-5)22-30-47)35-51-58-52(68(74)70(67(51)73)38(2)40-15-11-8-12-16-40)36-56(82-48-31-23-44(78-6)24-32-48)62(64(58)61)60-54(34-50(66(69)72)57(49)63(59)60)80-46-27-19-42(76-4)20-28-46/h7-38H,1-6H3. The van der Waals surface area contributed by atoms with Crippen LogP contribution in [0.4, 0.5) is 0 Å². The fourth-order valence-electron chi connectivity index (χ4n) is 11.4. The van der Waals surface area contributed by atoms with Crippen LogP contribution in [-0.2, 0) is 0 Å². The number of benzene rings is 11. The first kappa shape index (κ1) is 50.9. The smallest absolute Gasteiger partial charge is 0.262 e. The summed E-state index contributed by atoms with van der Waals surface area (Å²) in [5, 5.41) is 2.83. The van der Waals surface area contributed by atoms with E-state index < -0.39 is 35.7 Å². The molecule has 0 bridgehead atoms. The Hall–Kier alpha value is -10.6. The average molecular weight is 1090 g/mol. The molecule has 0 radical (unpaired) electrons. The maximum Gasteiger partial charge on any atom is 0.262 e. The van der Waals surface area contributed by atoms with Gasteiger partial charge in [0.15, 0.2) is 0 Å². The summed E-state index contributed by atoms with van der Waals surface area (Å²) in [4.78, 5) is 65.2. The van der Waals surface area contributed by atoms with Crippen LogP contribution in [0.25, 0.3) is 43.1 Å². The summed E-state index contributed by atoms with van der Waals surface area (Å²) in [7, 11) is 6.27. The van der Waals surface area contributed by atoms with Gasteiger partial charge in [0.05, 0.1) is 62.8 Å². The third-order valence-corrected chi connectivity index (χ3v) is 15.4. The minimum absolute atomic E-state index is 0.164. The van der Waals surface area contributed by atoms with E-state index in [9.17, 15) is 0 Å². The Morgan fingerprint density at radius 2 is 0.500 bits per heavy atom. The number of carbonyl (C=O) groups excluding carboxylic acids is 4. The lowest BCUT2D eigenvalue weighted by molar-refractivity contribution is 0.0533. The summed E-state index contributed by atoms with van der Waals surface area (Å²) in [6.45, 7) is 3.63. The molecule has 2 aliphatic heterocycles. The number of amides is 4. The van der Waals surface area contributed by atoms with E-state index in [-0.39, 0.29) is 45.3 Å². The largest absolute Gasteiger partial charge is 0.497 e. The summed E-state index contributed by atoms with van der Waals surface area (Å²) in [6.07, 6.45) is 0.